The molecule has 3 aromatic rings. The van der Waals surface area contributed by atoms with E-state index in [1.165, 1.54) is 22.3 Å². The summed E-state index contributed by atoms with van der Waals surface area (Å²) < 4.78 is 5.97. The van der Waals surface area contributed by atoms with E-state index in [1.54, 1.807) is 11.8 Å². The van der Waals surface area contributed by atoms with Crippen LogP contribution in [0.3, 0.4) is 0 Å². The molecule has 0 saturated heterocycles. The van der Waals surface area contributed by atoms with Crippen LogP contribution in [-0.2, 0) is 5.75 Å². The lowest BCUT2D eigenvalue weighted by molar-refractivity contribution is 0.454. The van der Waals surface area contributed by atoms with Crippen LogP contribution in [0.4, 0.5) is 0 Å². The van der Waals surface area contributed by atoms with Crippen LogP contribution in [0.2, 0.25) is 0 Å². The summed E-state index contributed by atoms with van der Waals surface area (Å²) in [6.45, 7) is 8.22. The summed E-state index contributed by atoms with van der Waals surface area (Å²) in [6, 6.07) is 16.4. The SMILES string of the molecule is Cc1cc(C)cc(Oc2cc(C)nc(SCc3ccccc3C)n2)c1. The molecule has 0 N–H and O–H groups in total. The topological polar surface area (TPSA) is 35.0 Å². The summed E-state index contributed by atoms with van der Waals surface area (Å²) in [5.74, 6) is 2.24. The molecular weight excluding hydrogens is 328 g/mol. The van der Waals surface area contributed by atoms with Gasteiger partial charge in [-0.1, -0.05) is 42.1 Å². The van der Waals surface area contributed by atoms with Crippen molar-refractivity contribution in [3.05, 3.63) is 76.5 Å². The summed E-state index contributed by atoms with van der Waals surface area (Å²) in [5.41, 5.74) is 5.84. The minimum atomic E-state index is 0.588. The fourth-order valence-corrected chi connectivity index (χ4v) is 3.63. The number of benzene rings is 2. The number of aromatic nitrogens is 2. The van der Waals surface area contributed by atoms with E-state index < -0.39 is 0 Å². The monoisotopic (exact) mass is 350 g/mol. The Morgan fingerprint density at radius 2 is 1.60 bits per heavy atom. The predicted octanol–water partition coefficient (Wildman–Crippen LogP) is 5.79. The molecule has 0 atom stereocenters. The lowest BCUT2D eigenvalue weighted by Crippen LogP contribution is -1.96. The fourth-order valence-electron chi connectivity index (χ4n) is 2.66. The molecule has 0 aliphatic rings. The van der Waals surface area contributed by atoms with Crippen molar-refractivity contribution in [1.82, 2.24) is 9.97 Å². The lowest BCUT2D eigenvalue weighted by Gasteiger charge is -2.09. The van der Waals surface area contributed by atoms with Crippen LogP contribution in [-0.4, -0.2) is 9.97 Å². The largest absolute Gasteiger partial charge is 0.439 e. The number of hydrogen-bond acceptors (Lipinski definition) is 4. The zero-order valence-electron chi connectivity index (χ0n) is 15.0. The van der Waals surface area contributed by atoms with Gasteiger partial charge in [0.25, 0.3) is 0 Å². The van der Waals surface area contributed by atoms with Gasteiger partial charge in [0.05, 0.1) is 0 Å². The van der Waals surface area contributed by atoms with Gasteiger partial charge in [-0.25, -0.2) is 4.98 Å². The Morgan fingerprint density at radius 3 is 2.32 bits per heavy atom. The van der Waals surface area contributed by atoms with Gasteiger partial charge in [-0.2, -0.15) is 4.98 Å². The van der Waals surface area contributed by atoms with Gasteiger partial charge in [-0.15, -0.1) is 0 Å². The molecule has 0 bridgehead atoms. The maximum absolute atomic E-state index is 5.97. The molecule has 25 heavy (non-hydrogen) atoms. The van der Waals surface area contributed by atoms with E-state index in [4.69, 9.17) is 4.74 Å². The standard InChI is InChI=1S/C21H22N2OS/c1-14-9-15(2)11-19(10-14)24-20-12-17(4)22-21(23-20)25-13-18-8-6-5-7-16(18)3/h5-12H,13H2,1-4H3. The summed E-state index contributed by atoms with van der Waals surface area (Å²) >= 11 is 1.63. The van der Waals surface area contributed by atoms with Crippen LogP contribution in [0.5, 0.6) is 11.6 Å². The van der Waals surface area contributed by atoms with Crippen molar-refractivity contribution in [2.45, 2.75) is 38.6 Å². The van der Waals surface area contributed by atoms with Crippen LogP contribution < -0.4 is 4.74 Å². The first-order valence-electron chi connectivity index (χ1n) is 8.29. The van der Waals surface area contributed by atoms with Gasteiger partial charge in [0.1, 0.15) is 5.75 Å². The molecule has 0 radical (unpaired) electrons. The quantitative estimate of drug-likeness (QED) is 0.430. The third-order valence-corrected chi connectivity index (χ3v) is 4.74. The lowest BCUT2D eigenvalue weighted by atomic mass is 10.1. The van der Waals surface area contributed by atoms with E-state index in [0.717, 1.165) is 22.4 Å². The molecule has 0 fully saturated rings. The second-order valence-corrected chi connectivity index (χ2v) is 7.21. The van der Waals surface area contributed by atoms with Crippen molar-refractivity contribution in [2.24, 2.45) is 0 Å². The molecule has 2 aromatic carbocycles. The highest BCUT2D eigenvalue weighted by Crippen LogP contribution is 2.27. The average molecular weight is 350 g/mol. The Bertz CT molecular complexity index is 873. The van der Waals surface area contributed by atoms with E-state index >= 15 is 0 Å². The molecular formula is C21H22N2OS. The average Bonchev–Trinajstić information content (AvgIpc) is 2.52. The highest BCUT2D eigenvalue weighted by molar-refractivity contribution is 7.98. The minimum Gasteiger partial charge on any atom is -0.439 e. The van der Waals surface area contributed by atoms with Crippen molar-refractivity contribution >= 4 is 11.8 Å². The zero-order chi connectivity index (χ0) is 17.8. The van der Waals surface area contributed by atoms with Gasteiger partial charge in [0, 0.05) is 17.5 Å². The highest BCUT2D eigenvalue weighted by Gasteiger charge is 2.07. The Balaban J connectivity index is 1.77. The van der Waals surface area contributed by atoms with Crippen LogP contribution >= 0.6 is 11.8 Å². The molecule has 1 heterocycles. The molecule has 3 rings (SSSR count). The third-order valence-electron chi connectivity index (χ3n) is 3.85. The zero-order valence-corrected chi connectivity index (χ0v) is 15.9. The van der Waals surface area contributed by atoms with Crippen LogP contribution in [0.1, 0.15) is 27.9 Å². The van der Waals surface area contributed by atoms with Crippen molar-refractivity contribution < 1.29 is 4.74 Å². The van der Waals surface area contributed by atoms with E-state index in [-0.39, 0.29) is 0 Å². The molecule has 0 aliphatic heterocycles. The van der Waals surface area contributed by atoms with Crippen LogP contribution in [0.15, 0.2) is 53.7 Å². The number of hydrogen-bond donors (Lipinski definition) is 0. The molecule has 0 saturated carbocycles. The summed E-state index contributed by atoms with van der Waals surface area (Å²) in [5, 5.41) is 0.739. The van der Waals surface area contributed by atoms with Gasteiger partial charge in [-0.05, 0) is 62.1 Å². The second-order valence-electron chi connectivity index (χ2n) is 6.27. The maximum Gasteiger partial charge on any atom is 0.223 e. The van der Waals surface area contributed by atoms with E-state index in [9.17, 15) is 0 Å². The van der Waals surface area contributed by atoms with Crippen molar-refractivity contribution in [1.29, 1.82) is 0 Å². The molecule has 0 spiro atoms. The first kappa shape index (κ1) is 17.5. The van der Waals surface area contributed by atoms with Crippen molar-refractivity contribution in [3.63, 3.8) is 0 Å². The molecule has 0 aliphatic carbocycles. The normalized spacial score (nSPS) is 10.7. The number of nitrogens with zero attached hydrogens (tertiary/aromatic N) is 2. The van der Waals surface area contributed by atoms with Crippen molar-refractivity contribution in [3.8, 4) is 11.6 Å². The minimum absolute atomic E-state index is 0.588. The first-order valence-corrected chi connectivity index (χ1v) is 9.27. The van der Waals surface area contributed by atoms with Gasteiger partial charge in [0.15, 0.2) is 5.16 Å². The van der Waals surface area contributed by atoms with Crippen LogP contribution in [0.25, 0.3) is 0 Å². The third kappa shape index (κ3) is 4.83. The molecule has 0 amide bonds. The maximum atomic E-state index is 5.97. The van der Waals surface area contributed by atoms with Crippen LogP contribution in [0, 0.1) is 27.7 Å². The Labute approximate surface area is 153 Å². The van der Waals surface area contributed by atoms with Gasteiger partial charge >= 0.3 is 0 Å². The highest BCUT2D eigenvalue weighted by atomic mass is 32.2. The second kappa shape index (κ2) is 7.70. The fraction of sp³-hybridized carbons (Fsp3) is 0.238. The Hall–Kier alpha value is -2.33. The molecule has 0 unspecified atom stereocenters. The van der Waals surface area contributed by atoms with Gasteiger partial charge < -0.3 is 4.74 Å². The van der Waals surface area contributed by atoms with E-state index in [1.807, 2.05) is 25.1 Å². The number of aryl methyl sites for hydroxylation is 4. The molecule has 4 heteroatoms. The summed E-state index contributed by atoms with van der Waals surface area (Å²) in [4.78, 5) is 9.09. The van der Waals surface area contributed by atoms with E-state index in [2.05, 4.69) is 61.1 Å². The number of rotatable bonds is 5. The number of thioether (sulfide) groups is 1. The summed E-state index contributed by atoms with van der Waals surface area (Å²) in [6.07, 6.45) is 0. The summed E-state index contributed by atoms with van der Waals surface area (Å²) in [7, 11) is 0. The molecule has 128 valence electrons. The molecule has 1 aromatic heterocycles. The van der Waals surface area contributed by atoms with Gasteiger partial charge in [0.2, 0.25) is 5.88 Å². The molecule has 3 nitrogen and oxygen atoms in total. The van der Waals surface area contributed by atoms with Gasteiger partial charge in [-0.3, -0.25) is 0 Å². The Kier molecular flexibility index (Phi) is 5.39. The first-order chi connectivity index (χ1) is 12.0. The Morgan fingerprint density at radius 1 is 0.880 bits per heavy atom. The number of ether oxygens (including phenoxy) is 1. The van der Waals surface area contributed by atoms with E-state index in [0.29, 0.717) is 5.88 Å². The smallest absolute Gasteiger partial charge is 0.223 e. The van der Waals surface area contributed by atoms with Crippen molar-refractivity contribution in [2.75, 3.05) is 0 Å². The predicted molar refractivity (Wildman–Crippen MR) is 103 cm³/mol.